The molecule has 2 atom stereocenters. The summed E-state index contributed by atoms with van der Waals surface area (Å²) in [4.78, 5) is 20.2. The summed E-state index contributed by atoms with van der Waals surface area (Å²) < 4.78 is 16.0. The summed E-state index contributed by atoms with van der Waals surface area (Å²) in [6.07, 6.45) is 4.11. The van der Waals surface area contributed by atoms with Gasteiger partial charge in [-0.3, -0.25) is 9.48 Å². The first-order valence-electron chi connectivity index (χ1n) is 8.06. The average Bonchev–Trinajstić information content (AvgIpc) is 3.03. The van der Waals surface area contributed by atoms with Crippen LogP contribution in [0.15, 0.2) is 36.8 Å². The number of anilines is 1. The number of aryl methyl sites for hydroxylation is 1. The number of fused-ring (bicyclic) bond motifs is 1. The smallest absolute Gasteiger partial charge is 0.220 e. The average molecular weight is 340 g/mol. The van der Waals surface area contributed by atoms with Crippen molar-refractivity contribution in [2.45, 2.75) is 24.9 Å². The zero-order valence-corrected chi connectivity index (χ0v) is 13.6. The fraction of sp³-hybridized carbons (Fsp3) is 0.294. The van der Waals surface area contributed by atoms with Crippen molar-refractivity contribution in [2.24, 2.45) is 7.05 Å². The molecule has 3 aromatic rings. The van der Waals surface area contributed by atoms with Crippen molar-refractivity contribution < 1.29 is 9.18 Å². The van der Waals surface area contributed by atoms with Gasteiger partial charge in [0.2, 0.25) is 5.91 Å². The molecule has 0 bridgehead atoms. The third-order valence-corrected chi connectivity index (χ3v) is 4.51. The van der Waals surface area contributed by atoms with E-state index in [0.29, 0.717) is 29.6 Å². The highest BCUT2D eigenvalue weighted by Crippen LogP contribution is 2.29. The summed E-state index contributed by atoms with van der Waals surface area (Å²) in [7, 11) is 1.83. The van der Waals surface area contributed by atoms with Crippen LogP contribution < -0.4 is 10.6 Å². The number of rotatable bonds is 3. The summed E-state index contributed by atoms with van der Waals surface area (Å²) in [6, 6.07) is 6.21. The normalized spacial score (nSPS) is 20.5. The molecule has 0 aliphatic carbocycles. The summed E-state index contributed by atoms with van der Waals surface area (Å²) in [5.41, 5.74) is 1.42. The maximum atomic E-state index is 14.3. The summed E-state index contributed by atoms with van der Waals surface area (Å²) in [5.74, 6) is 0.0388. The number of nitrogens with zero attached hydrogens (tertiary/aromatic N) is 4. The standard InChI is InChI=1S/C17H17FN6O/c1-24-13(7-8-21-24)16-12(5-6-14(25)23-16)22-17-15-10(18)3-2-4-11(15)19-9-20-17/h2-4,7-9,12,16H,5-6H2,1H3,(H,23,25)(H,19,20,22)/t12-,16-/m1/s1. The Kier molecular flexibility index (Phi) is 3.79. The predicted molar refractivity (Wildman–Crippen MR) is 90.2 cm³/mol. The van der Waals surface area contributed by atoms with Crippen molar-refractivity contribution in [1.29, 1.82) is 0 Å². The van der Waals surface area contributed by atoms with Gasteiger partial charge >= 0.3 is 0 Å². The molecular formula is C17H17FN6O. The Labute approximate surface area is 143 Å². The molecule has 2 aromatic heterocycles. The Hall–Kier alpha value is -3.03. The van der Waals surface area contributed by atoms with Crippen LogP contribution in [0.2, 0.25) is 0 Å². The lowest BCUT2D eigenvalue weighted by Gasteiger charge is -2.33. The molecule has 1 amide bonds. The van der Waals surface area contributed by atoms with Gasteiger partial charge in [-0.25, -0.2) is 14.4 Å². The molecule has 1 fully saturated rings. The van der Waals surface area contributed by atoms with Gasteiger partial charge in [0.25, 0.3) is 0 Å². The van der Waals surface area contributed by atoms with E-state index >= 15 is 0 Å². The van der Waals surface area contributed by atoms with E-state index in [1.165, 1.54) is 12.4 Å². The van der Waals surface area contributed by atoms with E-state index in [1.54, 1.807) is 23.0 Å². The van der Waals surface area contributed by atoms with Gasteiger partial charge in [0.15, 0.2) is 0 Å². The van der Waals surface area contributed by atoms with Crippen molar-refractivity contribution in [2.75, 3.05) is 5.32 Å². The number of benzene rings is 1. The fourth-order valence-corrected chi connectivity index (χ4v) is 3.28. The summed E-state index contributed by atoms with van der Waals surface area (Å²) >= 11 is 0. The maximum absolute atomic E-state index is 14.3. The lowest BCUT2D eigenvalue weighted by atomic mass is 9.95. The van der Waals surface area contributed by atoms with E-state index in [4.69, 9.17) is 0 Å². The number of halogens is 1. The van der Waals surface area contributed by atoms with E-state index in [9.17, 15) is 9.18 Å². The second kappa shape index (κ2) is 6.12. The number of carbonyl (C=O) groups is 1. The highest BCUT2D eigenvalue weighted by atomic mass is 19.1. The molecule has 7 nitrogen and oxygen atoms in total. The van der Waals surface area contributed by atoms with Gasteiger partial charge in [-0.15, -0.1) is 0 Å². The molecule has 128 valence electrons. The SMILES string of the molecule is Cn1nccc1[C@@H]1NC(=O)CC[C@H]1Nc1ncnc2cccc(F)c12. The quantitative estimate of drug-likeness (QED) is 0.761. The second-order valence-electron chi connectivity index (χ2n) is 6.07. The number of hydrogen-bond donors (Lipinski definition) is 2. The molecule has 1 aliphatic rings. The Morgan fingerprint density at radius 3 is 3.00 bits per heavy atom. The van der Waals surface area contributed by atoms with Gasteiger partial charge in [0.1, 0.15) is 18.0 Å². The van der Waals surface area contributed by atoms with Crippen LogP contribution in [0.1, 0.15) is 24.6 Å². The minimum absolute atomic E-state index is 0.0111. The third-order valence-electron chi connectivity index (χ3n) is 4.51. The fourth-order valence-electron chi connectivity index (χ4n) is 3.28. The van der Waals surface area contributed by atoms with Crippen LogP contribution >= 0.6 is 0 Å². The Morgan fingerprint density at radius 1 is 1.32 bits per heavy atom. The Morgan fingerprint density at radius 2 is 2.20 bits per heavy atom. The molecule has 0 saturated carbocycles. The first-order chi connectivity index (χ1) is 12.1. The lowest BCUT2D eigenvalue weighted by molar-refractivity contribution is -0.123. The van der Waals surface area contributed by atoms with Crippen LogP contribution in [0.25, 0.3) is 10.9 Å². The van der Waals surface area contributed by atoms with Crippen molar-refractivity contribution >= 4 is 22.6 Å². The van der Waals surface area contributed by atoms with Gasteiger partial charge in [-0.1, -0.05) is 6.07 Å². The van der Waals surface area contributed by atoms with Crippen molar-refractivity contribution in [3.05, 3.63) is 48.3 Å². The van der Waals surface area contributed by atoms with Crippen LogP contribution in [0.4, 0.5) is 10.2 Å². The maximum Gasteiger partial charge on any atom is 0.220 e. The van der Waals surface area contributed by atoms with Gasteiger partial charge < -0.3 is 10.6 Å². The molecule has 0 unspecified atom stereocenters. The van der Waals surface area contributed by atoms with Crippen LogP contribution in [-0.2, 0) is 11.8 Å². The molecule has 0 spiro atoms. The zero-order valence-electron chi connectivity index (χ0n) is 13.6. The van der Waals surface area contributed by atoms with Crippen LogP contribution in [-0.4, -0.2) is 31.7 Å². The van der Waals surface area contributed by atoms with E-state index in [1.807, 2.05) is 13.1 Å². The van der Waals surface area contributed by atoms with Crippen LogP contribution in [0.5, 0.6) is 0 Å². The predicted octanol–water partition coefficient (Wildman–Crippen LogP) is 1.93. The van der Waals surface area contributed by atoms with E-state index in [-0.39, 0.29) is 23.8 Å². The first-order valence-corrected chi connectivity index (χ1v) is 8.06. The van der Waals surface area contributed by atoms with Gasteiger partial charge in [0, 0.05) is 19.7 Å². The van der Waals surface area contributed by atoms with Crippen LogP contribution in [0.3, 0.4) is 0 Å². The van der Waals surface area contributed by atoms with Gasteiger partial charge in [-0.05, 0) is 24.6 Å². The highest BCUT2D eigenvalue weighted by molar-refractivity contribution is 5.89. The molecule has 1 aromatic carbocycles. The van der Waals surface area contributed by atoms with Crippen molar-refractivity contribution in [1.82, 2.24) is 25.1 Å². The molecule has 1 aliphatic heterocycles. The van der Waals surface area contributed by atoms with E-state index < -0.39 is 0 Å². The van der Waals surface area contributed by atoms with Crippen molar-refractivity contribution in [3.8, 4) is 0 Å². The third kappa shape index (κ3) is 2.79. The monoisotopic (exact) mass is 340 g/mol. The van der Waals surface area contributed by atoms with Gasteiger partial charge in [0.05, 0.1) is 28.7 Å². The number of carbonyl (C=O) groups excluding carboxylic acids is 1. The summed E-state index contributed by atoms with van der Waals surface area (Å²) in [6.45, 7) is 0. The number of piperidine rings is 1. The minimum Gasteiger partial charge on any atom is -0.364 e. The van der Waals surface area contributed by atoms with Crippen LogP contribution in [0, 0.1) is 5.82 Å². The van der Waals surface area contributed by atoms with Gasteiger partial charge in [-0.2, -0.15) is 5.10 Å². The largest absolute Gasteiger partial charge is 0.364 e. The zero-order chi connectivity index (χ0) is 17.4. The lowest BCUT2D eigenvalue weighted by Crippen LogP contribution is -2.46. The molecule has 4 rings (SSSR count). The Bertz CT molecular complexity index is 935. The second-order valence-corrected chi connectivity index (χ2v) is 6.07. The molecule has 3 heterocycles. The van der Waals surface area contributed by atoms with E-state index in [0.717, 1.165) is 5.69 Å². The summed E-state index contributed by atoms with van der Waals surface area (Å²) in [5, 5.41) is 10.8. The molecular weight excluding hydrogens is 323 g/mol. The topological polar surface area (TPSA) is 84.7 Å². The number of hydrogen-bond acceptors (Lipinski definition) is 5. The molecule has 8 heteroatoms. The number of nitrogens with one attached hydrogen (secondary N) is 2. The molecule has 25 heavy (non-hydrogen) atoms. The highest BCUT2D eigenvalue weighted by Gasteiger charge is 2.32. The Balaban J connectivity index is 1.71. The van der Waals surface area contributed by atoms with E-state index in [2.05, 4.69) is 25.7 Å². The first kappa shape index (κ1) is 15.5. The molecule has 1 saturated heterocycles. The molecule has 2 N–H and O–H groups in total. The minimum atomic E-state index is -0.377. The van der Waals surface area contributed by atoms with Crippen molar-refractivity contribution in [3.63, 3.8) is 0 Å². The number of aromatic nitrogens is 4. The molecule has 0 radical (unpaired) electrons. The number of amides is 1.